The van der Waals surface area contributed by atoms with E-state index < -0.39 is 0 Å². The molecule has 0 unspecified atom stereocenters. The minimum Gasteiger partial charge on any atom is -0.411 e. The van der Waals surface area contributed by atoms with Crippen LogP contribution in [0.2, 0.25) is 5.02 Å². The van der Waals surface area contributed by atoms with Crippen molar-refractivity contribution in [2.24, 2.45) is 0 Å². The smallest absolute Gasteiger partial charge is 0.277 e. The molecule has 0 aliphatic carbocycles. The Bertz CT molecular complexity index is 1050. The van der Waals surface area contributed by atoms with Crippen LogP contribution >= 0.6 is 23.4 Å². The average Bonchev–Trinajstić information content (AvgIpc) is 3.25. The third kappa shape index (κ3) is 3.61. The zero-order chi connectivity index (χ0) is 19.0. The zero-order valence-corrected chi connectivity index (χ0v) is 15.8. The number of aromatic nitrogens is 2. The van der Waals surface area contributed by atoms with Crippen molar-refractivity contribution in [1.29, 1.82) is 0 Å². The minimum atomic E-state index is -0.253. The quantitative estimate of drug-likeness (QED) is 0.505. The molecule has 2 heterocycles. The maximum atomic E-state index is 12.5. The van der Waals surface area contributed by atoms with E-state index in [1.165, 1.54) is 11.8 Å². The molecule has 3 aromatic rings. The third-order valence-electron chi connectivity index (χ3n) is 4.30. The number of benzene rings is 2. The number of nitrogens with zero attached hydrogens (tertiary/aromatic N) is 2. The van der Waals surface area contributed by atoms with E-state index in [0.29, 0.717) is 21.7 Å². The molecule has 0 bridgehead atoms. The molecule has 8 heteroatoms. The number of carbonyl (C=O) groups is 2. The van der Waals surface area contributed by atoms with Crippen LogP contribution in [0.3, 0.4) is 0 Å². The predicted molar refractivity (Wildman–Crippen MR) is 103 cm³/mol. The highest BCUT2D eigenvalue weighted by molar-refractivity contribution is 7.99. The van der Waals surface area contributed by atoms with Crippen LogP contribution in [0, 0.1) is 0 Å². The summed E-state index contributed by atoms with van der Waals surface area (Å²) in [6.45, 7) is 1.82. The minimum absolute atomic E-state index is 0.0524. The highest BCUT2D eigenvalue weighted by Gasteiger charge is 2.27. The Morgan fingerprint density at radius 3 is 2.93 bits per heavy atom. The van der Waals surface area contributed by atoms with Gasteiger partial charge < -0.3 is 9.73 Å². The molecule has 1 aliphatic heterocycles. The first-order chi connectivity index (χ1) is 13.0. The summed E-state index contributed by atoms with van der Waals surface area (Å²) in [5, 5.41) is 11.6. The van der Waals surface area contributed by atoms with Crippen LogP contribution in [-0.4, -0.2) is 27.6 Å². The average molecular weight is 400 g/mol. The highest BCUT2D eigenvalue weighted by Crippen LogP contribution is 2.33. The number of halogens is 1. The van der Waals surface area contributed by atoms with Crippen LogP contribution in [0.15, 0.2) is 52.1 Å². The first-order valence-electron chi connectivity index (χ1n) is 8.21. The second-order valence-corrected chi connectivity index (χ2v) is 7.47. The second kappa shape index (κ2) is 7.17. The van der Waals surface area contributed by atoms with E-state index in [-0.39, 0.29) is 23.4 Å². The second-order valence-electron chi connectivity index (χ2n) is 6.11. The van der Waals surface area contributed by atoms with E-state index in [1.807, 2.05) is 13.0 Å². The Kier molecular flexibility index (Phi) is 4.72. The first kappa shape index (κ1) is 17.8. The fourth-order valence-corrected chi connectivity index (χ4v) is 3.66. The maximum Gasteiger partial charge on any atom is 0.277 e. The van der Waals surface area contributed by atoms with Gasteiger partial charge >= 0.3 is 0 Å². The number of hydrogen-bond acceptors (Lipinski definition) is 6. The number of anilines is 1. The molecule has 1 amide bonds. The molecule has 136 valence electrons. The van der Waals surface area contributed by atoms with Gasteiger partial charge in [0.2, 0.25) is 11.8 Å². The van der Waals surface area contributed by atoms with Crippen LogP contribution in [0.4, 0.5) is 5.69 Å². The number of rotatable bonds is 5. The zero-order valence-electron chi connectivity index (χ0n) is 14.2. The van der Waals surface area contributed by atoms with Gasteiger partial charge in [0.1, 0.15) is 0 Å². The van der Waals surface area contributed by atoms with E-state index in [9.17, 15) is 9.59 Å². The molecule has 1 aliphatic rings. The lowest BCUT2D eigenvalue weighted by Gasteiger charge is -2.04. The Labute approximate surface area is 164 Å². The van der Waals surface area contributed by atoms with Gasteiger partial charge in [0.25, 0.3) is 5.22 Å². The summed E-state index contributed by atoms with van der Waals surface area (Å²) in [5.41, 5.74) is 2.88. The van der Waals surface area contributed by atoms with Crippen molar-refractivity contribution < 1.29 is 14.0 Å². The fourth-order valence-electron chi connectivity index (χ4n) is 2.81. The number of ketones is 1. The Morgan fingerprint density at radius 1 is 1.26 bits per heavy atom. The van der Waals surface area contributed by atoms with Gasteiger partial charge in [-0.05, 0) is 48.9 Å². The lowest BCUT2D eigenvalue weighted by Crippen LogP contribution is -2.08. The largest absolute Gasteiger partial charge is 0.411 e. The summed E-state index contributed by atoms with van der Waals surface area (Å²) in [7, 11) is 0. The Balaban J connectivity index is 1.44. The molecular weight excluding hydrogens is 386 g/mol. The number of nitrogens with one attached hydrogen (secondary N) is 1. The summed E-state index contributed by atoms with van der Waals surface area (Å²) in [6, 6.07) is 12.4. The lowest BCUT2D eigenvalue weighted by molar-refractivity contribution is -0.116. The van der Waals surface area contributed by atoms with Crippen LogP contribution in [-0.2, 0) is 4.79 Å². The number of hydrogen-bond donors (Lipinski definition) is 1. The number of thioether (sulfide) groups is 1. The summed E-state index contributed by atoms with van der Waals surface area (Å²) in [5.74, 6) is 0.131. The predicted octanol–water partition coefficient (Wildman–Crippen LogP) is 4.42. The van der Waals surface area contributed by atoms with Gasteiger partial charge in [0.05, 0.1) is 11.7 Å². The van der Waals surface area contributed by atoms with Crippen molar-refractivity contribution in [3.63, 3.8) is 0 Å². The summed E-state index contributed by atoms with van der Waals surface area (Å²) in [4.78, 5) is 24.2. The lowest BCUT2D eigenvalue weighted by atomic mass is 9.99. The van der Waals surface area contributed by atoms with Crippen molar-refractivity contribution in [2.45, 2.75) is 18.1 Å². The van der Waals surface area contributed by atoms with Crippen LogP contribution in [0.5, 0.6) is 0 Å². The van der Waals surface area contributed by atoms with Crippen LogP contribution in [0.1, 0.15) is 28.8 Å². The van der Waals surface area contributed by atoms with E-state index in [2.05, 4.69) is 15.5 Å². The fraction of sp³-hybridized carbons (Fsp3) is 0.158. The normalized spacial score (nSPS) is 15.5. The summed E-state index contributed by atoms with van der Waals surface area (Å²) in [6.07, 6.45) is 0. The monoisotopic (exact) mass is 399 g/mol. The van der Waals surface area contributed by atoms with E-state index in [1.54, 1.807) is 36.4 Å². The highest BCUT2D eigenvalue weighted by atomic mass is 35.5. The molecule has 0 saturated carbocycles. The molecule has 0 saturated heterocycles. The van der Waals surface area contributed by atoms with Gasteiger partial charge in [0.15, 0.2) is 5.78 Å². The van der Waals surface area contributed by atoms with E-state index in [4.69, 9.17) is 16.0 Å². The van der Waals surface area contributed by atoms with Crippen molar-refractivity contribution in [3.8, 4) is 11.5 Å². The van der Waals surface area contributed by atoms with Crippen molar-refractivity contribution in [2.75, 3.05) is 11.1 Å². The molecule has 0 radical (unpaired) electrons. The number of carbonyl (C=O) groups excluding carboxylic acids is 2. The molecule has 1 atom stereocenters. The molecule has 6 nitrogen and oxygen atoms in total. The maximum absolute atomic E-state index is 12.5. The van der Waals surface area contributed by atoms with Gasteiger partial charge in [-0.25, -0.2) is 0 Å². The Morgan fingerprint density at radius 2 is 2.11 bits per heavy atom. The number of Topliss-reactive ketones (excluding diaryl/α,β-unsaturated/α-hetero) is 1. The molecule has 4 rings (SSSR count). The number of fused-ring (bicyclic) bond motifs is 1. The van der Waals surface area contributed by atoms with Crippen molar-refractivity contribution in [1.82, 2.24) is 10.2 Å². The van der Waals surface area contributed by atoms with Gasteiger partial charge in [-0.1, -0.05) is 29.4 Å². The van der Waals surface area contributed by atoms with Crippen LogP contribution in [0.25, 0.3) is 11.5 Å². The molecule has 27 heavy (non-hydrogen) atoms. The van der Waals surface area contributed by atoms with Gasteiger partial charge in [-0.15, -0.1) is 10.2 Å². The van der Waals surface area contributed by atoms with E-state index in [0.717, 1.165) is 16.8 Å². The van der Waals surface area contributed by atoms with Crippen molar-refractivity contribution in [3.05, 3.63) is 58.6 Å². The molecule has 0 spiro atoms. The third-order valence-corrected chi connectivity index (χ3v) is 5.35. The standard InChI is InChI=1S/C19H14ClN3O3S/c1-10-14-8-11(5-6-15(14)21-17(10)25)16(24)9-27-19-23-22-18(26-19)12-3-2-4-13(20)7-12/h2-8,10H,9H2,1H3,(H,21,25)/t10-/m0/s1. The molecule has 0 fully saturated rings. The topological polar surface area (TPSA) is 85.1 Å². The van der Waals surface area contributed by atoms with Gasteiger partial charge in [-0.3, -0.25) is 9.59 Å². The van der Waals surface area contributed by atoms with Crippen molar-refractivity contribution >= 4 is 40.7 Å². The van der Waals surface area contributed by atoms with Gasteiger partial charge in [-0.2, -0.15) is 0 Å². The summed E-state index contributed by atoms with van der Waals surface area (Å²) < 4.78 is 5.59. The Hall–Kier alpha value is -2.64. The van der Waals surface area contributed by atoms with Gasteiger partial charge in [0, 0.05) is 21.8 Å². The SMILES string of the molecule is C[C@@H]1C(=O)Nc2ccc(C(=O)CSc3nnc(-c4cccc(Cl)c4)o3)cc21. The molecule has 1 N–H and O–H groups in total. The molecular formula is C19H14ClN3O3S. The first-order valence-corrected chi connectivity index (χ1v) is 9.58. The van der Waals surface area contributed by atoms with Crippen LogP contribution < -0.4 is 5.32 Å². The summed E-state index contributed by atoms with van der Waals surface area (Å²) >= 11 is 7.14. The molecule has 1 aromatic heterocycles. The number of amides is 1. The molecule has 2 aromatic carbocycles. The van der Waals surface area contributed by atoms with E-state index >= 15 is 0 Å².